The summed E-state index contributed by atoms with van der Waals surface area (Å²) >= 11 is 0. The minimum atomic E-state index is -0.985. The highest BCUT2D eigenvalue weighted by molar-refractivity contribution is 5.87. The lowest BCUT2D eigenvalue weighted by atomic mass is 9.64. The van der Waals surface area contributed by atoms with Gasteiger partial charge in [0, 0.05) is 6.92 Å². The molecule has 0 unspecified atom stereocenters. The number of hydrogen-bond donors (Lipinski definition) is 2. The molecule has 1 amide bonds. The van der Waals surface area contributed by atoms with E-state index in [1.54, 1.807) is 0 Å². The quantitative estimate of drug-likeness (QED) is 0.713. The Kier molecular flexibility index (Phi) is 2.83. The third-order valence-corrected chi connectivity index (χ3v) is 2.99. The lowest BCUT2D eigenvalue weighted by molar-refractivity contribution is -0.155. The molecule has 1 rings (SSSR count). The standard InChI is InChI=1S/C10H17NO3/c1-6(2)8-4-10(5-8,9(13)14)11-7(3)12/h6,8H,4-5H2,1-3H3,(H,11,12)(H,13,14). The predicted octanol–water partition coefficient (Wildman–Crippen LogP) is 1.01. The minimum Gasteiger partial charge on any atom is -0.480 e. The van der Waals surface area contributed by atoms with E-state index in [1.165, 1.54) is 6.92 Å². The third kappa shape index (κ3) is 1.89. The van der Waals surface area contributed by atoms with E-state index in [0.29, 0.717) is 24.7 Å². The monoisotopic (exact) mass is 199 g/mol. The van der Waals surface area contributed by atoms with Crippen molar-refractivity contribution in [2.45, 2.75) is 39.2 Å². The molecule has 0 heterocycles. The summed E-state index contributed by atoms with van der Waals surface area (Å²) in [6.45, 7) is 5.50. The maximum Gasteiger partial charge on any atom is 0.329 e. The van der Waals surface area contributed by atoms with E-state index in [9.17, 15) is 9.59 Å². The van der Waals surface area contributed by atoms with Crippen LogP contribution in [0.25, 0.3) is 0 Å². The molecule has 80 valence electrons. The van der Waals surface area contributed by atoms with Crippen LogP contribution in [0.4, 0.5) is 0 Å². The van der Waals surface area contributed by atoms with Crippen LogP contribution in [0.3, 0.4) is 0 Å². The normalized spacial score (nSPS) is 31.0. The predicted molar refractivity (Wildman–Crippen MR) is 51.7 cm³/mol. The van der Waals surface area contributed by atoms with Gasteiger partial charge in [-0.2, -0.15) is 0 Å². The summed E-state index contributed by atoms with van der Waals surface area (Å²) in [7, 11) is 0. The molecule has 4 nitrogen and oxygen atoms in total. The Morgan fingerprint density at radius 2 is 1.93 bits per heavy atom. The highest BCUT2D eigenvalue weighted by Gasteiger charge is 2.51. The van der Waals surface area contributed by atoms with Crippen molar-refractivity contribution in [3.05, 3.63) is 0 Å². The number of carbonyl (C=O) groups is 2. The molecule has 0 aromatic rings. The third-order valence-electron chi connectivity index (χ3n) is 2.99. The molecule has 2 N–H and O–H groups in total. The first-order chi connectivity index (χ1) is 6.37. The molecule has 1 saturated carbocycles. The molecule has 1 aliphatic rings. The first kappa shape index (κ1) is 11.0. The molecule has 0 aromatic carbocycles. The van der Waals surface area contributed by atoms with Gasteiger partial charge < -0.3 is 10.4 Å². The van der Waals surface area contributed by atoms with Gasteiger partial charge in [0.25, 0.3) is 0 Å². The average Bonchev–Trinajstić information content (AvgIpc) is 1.93. The lowest BCUT2D eigenvalue weighted by Gasteiger charge is -2.46. The van der Waals surface area contributed by atoms with Crippen LogP contribution < -0.4 is 5.32 Å². The number of carbonyl (C=O) groups excluding carboxylic acids is 1. The van der Waals surface area contributed by atoms with Crippen molar-refractivity contribution in [1.29, 1.82) is 0 Å². The fourth-order valence-corrected chi connectivity index (χ4v) is 1.97. The first-order valence-corrected chi connectivity index (χ1v) is 4.89. The van der Waals surface area contributed by atoms with Gasteiger partial charge in [-0.3, -0.25) is 4.79 Å². The van der Waals surface area contributed by atoms with Crippen molar-refractivity contribution in [3.8, 4) is 0 Å². The zero-order chi connectivity index (χ0) is 10.9. The number of carboxylic acid groups (broad SMARTS) is 1. The molecule has 14 heavy (non-hydrogen) atoms. The highest BCUT2D eigenvalue weighted by Crippen LogP contribution is 2.42. The molecule has 1 aliphatic carbocycles. The van der Waals surface area contributed by atoms with E-state index in [-0.39, 0.29) is 5.91 Å². The van der Waals surface area contributed by atoms with Gasteiger partial charge in [-0.25, -0.2) is 4.79 Å². The van der Waals surface area contributed by atoms with Gasteiger partial charge in [0.1, 0.15) is 5.54 Å². The van der Waals surface area contributed by atoms with Crippen LogP contribution in [0, 0.1) is 11.8 Å². The summed E-state index contributed by atoms with van der Waals surface area (Å²) in [5, 5.41) is 11.6. The van der Waals surface area contributed by atoms with E-state index < -0.39 is 11.5 Å². The largest absolute Gasteiger partial charge is 0.480 e. The number of carboxylic acids is 1. The Morgan fingerprint density at radius 3 is 2.21 bits per heavy atom. The number of amides is 1. The topological polar surface area (TPSA) is 66.4 Å². The maximum absolute atomic E-state index is 11.0. The number of rotatable bonds is 3. The van der Waals surface area contributed by atoms with Crippen LogP contribution in [0.2, 0.25) is 0 Å². The zero-order valence-corrected chi connectivity index (χ0v) is 8.83. The molecule has 0 spiro atoms. The zero-order valence-electron chi connectivity index (χ0n) is 8.83. The molecule has 0 radical (unpaired) electrons. The fourth-order valence-electron chi connectivity index (χ4n) is 1.97. The maximum atomic E-state index is 11.0. The van der Waals surface area contributed by atoms with Crippen molar-refractivity contribution in [3.63, 3.8) is 0 Å². The Morgan fingerprint density at radius 1 is 1.43 bits per heavy atom. The van der Waals surface area contributed by atoms with Gasteiger partial charge in [-0.05, 0) is 24.7 Å². The van der Waals surface area contributed by atoms with E-state index in [0.717, 1.165) is 0 Å². The summed E-state index contributed by atoms with van der Waals surface area (Å²) in [5.74, 6) is -0.284. The van der Waals surface area contributed by atoms with Crippen LogP contribution in [0.15, 0.2) is 0 Å². The van der Waals surface area contributed by atoms with Crippen LogP contribution in [-0.2, 0) is 9.59 Å². The minimum absolute atomic E-state index is 0.269. The van der Waals surface area contributed by atoms with E-state index >= 15 is 0 Å². The summed E-state index contributed by atoms with van der Waals surface area (Å²) in [6, 6.07) is 0. The summed E-state index contributed by atoms with van der Waals surface area (Å²) in [4.78, 5) is 21.9. The second-order valence-electron chi connectivity index (χ2n) is 4.48. The van der Waals surface area contributed by atoms with Crippen molar-refractivity contribution in [1.82, 2.24) is 5.32 Å². The average molecular weight is 199 g/mol. The van der Waals surface area contributed by atoms with Crippen molar-refractivity contribution in [2.24, 2.45) is 11.8 Å². The van der Waals surface area contributed by atoms with Gasteiger partial charge in [0.2, 0.25) is 5.91 Å². The fraction of sp³-hybridized carbons (Fsp3) is 0.800. The molecule has 0 aromatic heterocycles. The second kappa shape index (κ2) is 3.59. The Balaban J connectivity index is 2.62. The van der Waals surface area contributed by atoms with Gasteiger partial charge in [-0.15, -0.1) is 0 Å². The van der Waals surface area contributed by atoms with E-state index in [2.05, 4.69) is 19.2 Å². The molecule has 4 heteroatoms. The molecular weight excluding hydrogens is 182 g/mol. The van der Waals surface area contributed by atoms with Gasteiger partial charge in [-0.1, -0.05) is 13.8 Å². The number of aliphatic carboxylic acids is 1. The molecule has 1 fully saturated rings. The second-order valence-corrected chi connectivity index (χ2v) is 4.48. The highest BCUT2D eigenvalue weighted by atomic mass is 16.4. The molecule has 0 bridgehead atoms. The van der Waals surface area contributed by atoms with Crippen molar-refractivity contribution < 1.29 is 14.7 Å². The van der Waals surface area contributed by atoms with Crippen molar-refractivity contribution in [2.75, 3.05) is 0 Å². The van der Waals surface area contributed by atoms with Crippen LogP contribution in [0.1, 0.15) is 33.6 Å². The smallest absolute Gasteiger partial charge is 0.329 e. The van der Waals surface area contributed by atoms with E-state index in [1.807, 2.05) is 0 Å². The van der Waals surface area contributed by atoms with Gasteiger partial charge in [0.05, 0.1) is 0 Å². The van der Waals surface area contributed by atoms with Gasteiger partial charge >= 0.3 is 5.97 Å². The van der Waals surface area contributed by atoms with Crippen LogP contribution in [0.5, 0.6) is 0 Å². The van der Waals surface area contributed by atoms with Crippen molar-refractivity contribution >= 4 is 11.9 Å². The lowest BCUT2D eigenvalue weighted by Crippen LogP contribution is -2.62. The Labute approximate surface area is 83.7 Å². The summed E-state index contributed by atoms with van der Waals surface area (Å²) in [6.07, 6.45) is 1.11. The van der Waals surface area contributed by atoms with E-state index in [4.69, 9.17) is 5.11 Å². The number of hydrogen-bond acceptors (Lipinski definition) is 2. The Bertz CT molecular complexity index is 254. The Hall–Kier alpha value is -1.06. The summed E-state index contributed by atoms with van der Waals surface area (Å²) < 4.78 is 0. The van der Waals surface area contributed by atoms with Gasteiger partial charge in [0.15, 0.2) is 0 Å². The summed E-state index contributed by atoms with van der Waals surface area (Å²) in [5.41, 5.74) is -0.985. The SMILES string of the molecule is CC(=O)NC1(C(=O)O)CC(C(C)C)C1. The molecular formula is C10H17NO3. The molecule has 0 aliphatic heterocycles. The molecule has 0 atom stereocenters. The molecule has 0 saturated heterocycles. The number of nitrogens with one attached hydrogen (secondary N) is 1. The van der Waals surface area contributed by atoms with Crippen LogP contribution in [-0.4, -0.2) is 22.5 Å². The van der Waals surface area contributed by atoms with Crippen LogP contribution >= 0.6 is 0 Å². The first-order valence-electron chi connectivity index (χ1n) is 4.89.